The quantitative estimate of drug-likeness (QED) is 0.399. The van der Waals surface area contributed by atoms with Crippen molar-refractivity contribution in [3.05, 3.63) is 93.0 Å². The van der Waals surface area contributed by atoms with Gasteiger partial charge in [0.15, 0.2) is 0 Å². The van der Waals surface area contributed by atoms with E-state index in [1.807, 2.05) is 6.92 Å². The maximum absolute atomic E-state index is 14.6. The Kier molecular flexibility index (Phi) is 6.57. The van der Waals surface area contributed by atoms with E-state index in [-0.39, 0.29) is 28.9 Å². The van der Waals surface area contributed by atoms with Crippen molar-refractivity contribution in [2.45, 2.75) is 39.5 Å². The summed E-state index contributed by atoms with van der Waals surface area (Å²) in [7, 11) is -4.03. The molecule has 0 saturated heterocycles. The molecule has 2 aromatic heterocycles. The monoisotopic (exact) mass is 513 g/mol. The van der Waals surface area contributed by atoms with Gasteiger partial charge in [0.1, 0.15) is 17.3 Å². The van der Waals surface area contributed by atoms with Crippen LogP contribution in [0.15, 0.2) is 53.3 Å². The van der Waals surface area contributed by atoms with Crippen LogP contribution in [0.5, 0.6) is 0 Å². The molecule has 0 aliphatic rings. The van der Waals surface area contributed by atoms with Gasteiger partial charge in [0.05, 0.1) is 11.8 Å². The molecule has 1 amide bonds. The molecule has 0 unspecified atom stereocenters. The Bertz CT molecular complexity index is 1670. The normalized spacial score (nSPS) is 11.9. The number of nitrogens with one attached hydrogen (secondary N) is 2. The Morgan fingerprint density at radius 2 is 1.78 bits per heavy atom. The van der Waals surface area contributed by atoms with Gasteiger partial charge < -0.3 is 9.55 Å². The van der Waals surface area contributed by atoms with Crippen LogP contribution in [0.4, 0.5) is 8.78 Å². The SMILES string of the molecule is Cc1ccc2c(c1)c(-c1ccc(C)[nH]c1=O)c(C(=O)NS(=O)(=O)C(C)C)n2Cc1ccc(F)cc1F. The number of carbonyl (C=O) groups is 1. The third-order valence-corrected chi connectivity index (χ3v) is 7.67. The number of hydrogen-bond acceptors (Lipinski definition) is 4. The van der Waals surface area contributed by atoms with E-state index < -0.39 is 38.4 Å². The Balaban J connectivity index is 2.08. The predicted molar refractivity (Wildman–Crippen MR) is 134 cm³/mol. The average Bonchev–Trinajstić information content (AvgIpc) is 3.08. The summed E-state index contributed by atoms with van der Waals surface area (Å²) in [6.07, 6.45) is 0. The molecule has 0 atom stereocenters. The van der Waals surface area contributed by atoms with E-state index in [1.165, 1.54) is 24.5 Å². The van der Waals surface area contributed by atoms with Gasteiger partial charge in [0.25, 0.3) is 11.5 Å². The topological polar surface area (TPSA) is 101 Å². The zero-order valence-corrected chi connectivity index (χ0v) is 21.0. The summed E-state index contributed by atoms with van der Waals surface area (Å²) in [5, 5.41) is -0.388. The van der Waals surface area contributed by atoms with Crippen LogP contribution >= 0.6 is 0 Å². The van der Waals surface area contributed by atoms with E-state index in [1.54, 1.807) is 37.3 Å². The zero-order chi connectivity index (χ0) is 26.4. The summed E-state index contributed by atoms with van der Waals surface area (Å²) in [6, 6.07) is 11.6. The Morgan fingerprint density at radius 3 is 2.42 bits per heavy atom. The highest BCUT2D eigenvalue weighted by Gasteiger charge is 2.29. The number of fused-ring (bicyclic) bond motifs is 1. The molecule has 0 saturated carbocycles. The summed E-state index contributed by atoms with van der Waals surface area (Å²) >= 11 is 0. The molecule has 0 fully saturated rings. The minimum atomic E-state index is -4.03. The molecular weight excluding hydrogens is 488 g/mol. The summed E-state index contributed by atoms with van der Waals surface area (Å²) in [5.41, 5.74) is 1.77. The third-order valence-electron chi connectivity index (χ3n) is 5.96. The van der Waals surface area contributed by atoms with Gasteiger partial charge in [-0.05, 0) is 58.0 Å². The van der Waals surface area contributed by atoms with Crippen LogP contribution in [0, 0.1) is 25.5 Å². The second kappa shape index (κ2) is 9.34. The molecule has 0 radical (unpaired) electrons. The number of amides is 1. The molecule has 4 aromatic rings. The van der Waals surface area contributed by atoms with E-state index in [0.29, 0.717) is 16.6 Å². The van der Waals surface area contributed by atoms with Crippen molar-refractivity contribution in [2.75, 3.05) is 0 Å². The van der Waals surface area contributed by atoms with Crippen LogP contribution in [-0.4, -0.2) is 29.1 Å². The van der Waals surface area contributed by atoms with Crippen molar-refractivity contribution >= 4 is 26.8 Å². The Hall–Kier alpha value is -3.79. The van der Waals surface area contributed by atoms with Gasteiger partial charge in [0.2, 0.25) is 10.0 Å². The number of aromatic amines is 1. The standard InChI is InChI=1S/C26H25F2N3O4S/c1-14(2)36(34,35)30-26(33)24-23(19-9-6-16(4)29-25(19)32)20-11-15(3)5-10-22(20)31(24)13-17-7-8-18(27)12-21(17)28/h5-12,14H,13H2,1-4H3,(H,29,32)(H,30,33). The van der Waals surface area contributed by atoms with E-state index in [2.05, 4.69) is 9.71 Å². The smallest absolute Gasteiger partial charge is 0.282 e. The minimum Gasteiger partial charge on any atom is -0.331 e. The molecule has 2 aromatic carbocycles. The van der Waals surface area contributed by atoms with Crippen LogP contribution in [0.2, 0.25) is 0 Å². The number of aromatic nitrogens is 2. The first-order valence-electron chi connectivity index (χ1n) is 11.2. The Labute approximate surface area is 206 Å². The Morgan fingerprint density at radius 1 is 1.06 bits per heavy atom. The summed E-state index contributed by atoms with van der Waals surface area (Å²) in [4.78, 5) is 29.3. The van der Waals surface area contributed by atoms with Gasteiger partial charge >= 0.3 is 0 Å². The molecular formula is C26H25F2N3O4S. The number of hydrogen-bond donors (Lipinski definition) is 2. The lowest BCUT2D eigenvalue weighted by Gasteiger charge is -2.15. The van der Waals surface area contributed by atoms with Gasteiger partial charge in [-0.2, -0.15) is 0 Å². The number of carbonyl (C=O) groups excluding carboxylic acids is 1. The number of rotatable bonds is 6. The molecule has 0 aliphatic heterocycles. The number of pyridine rings is 1. The molecule has 7 nitrogen and oxygen atoms in total. The van der Waals surface area contributed by atoms with Gasteiger partial charge in [-0.1, -0.05) is 17.7 Å². The van der Waals surface area contributed by atoms with E-state index in [4.69, 9.17) is 0 Å². The second-order valence-corrected chi connectivity index (χ2v) is 11.2. The van der Waals surface area contributed by atoms with Crippen molar-refractivity contribution < 1.29 is 22.0 Å². The maximum Gasteiger partial charge on any atom is 0.282 e. The highest BCUT2D eigenvalue weighted by molar-refractivity contribution is 7.90. The van der Waals surface area contributed by atoms with E-state index in [9.17, 15) is 26.8 Å². The molecule has 10 heteroatoms. The number of aryl methyl sites for hydroxylation is 2. The molecule has 36 heavy (non-hydrogen) atoms. The lowest BCUT2D eigenvalue weighted by molar-refractivity contribution is 0.0973. The fourth-order valence-electron chi connectivity index (χ4n) is 4.03. The van der Waals surface area contributed by atoms with E-state index >= 15 is 0 Å². The predicted octanol–water partition coefficient (Wildman–Crippen LogP) is 4.41. The number of sulfonamides is 1. The number of nitrogens with zero attached hydrogens (tertiary/aromatic N) is 1. The van der Waals surface area contributed by atoms with E-state index in [0.717, 1.165) is 17.7 Å². The second-order valence-electron chi connectivity index (χ2n) is 8.98. The summed E-state index contributed by atoms with van der Waals surface area (Å²) < 4.78 is 56.9. The summed E-state index contributed by atoms with van der Waals surface area (Å²) in [6.45, 7) is 6.18. The van der Waals surface area contributed by atoms with Crippen molar-refractivity contribution in [1.82, 2.24) is 14.3 Å². The van der Waals surface area contributed by atoms with Gasteiger partial charge in [0, 0.05) is 39.4 Å². The molecule has 2 heterocycles. The van der Waals surface area contributed by atoms with Crippen molar-refractivity contribution in [2.24, 2.45) is 0 Å². The first-order valence-corrected chi connectivity index (χ1v) is 12.8. The number of H-pyrrole nitrogens is 1. The van der Waals surface area contributed by atoms with Crippen LogP contribution in [0.3, 0.4) is 0 Å². The largest absolute Gasteiger partial charge is 0.331 e. The van der Waals surface area contributed by atoms with Crippen LogP contribution in [0.1, 0.15) is 41.2 Å². The van der Waals surface area contributed by atoms with Crippen molar-refractivity contribution in [3.8, 4) is 11.1 Å². The highest BCUT2D eigenvalue weighted by atomic mass is 32.2. The van der Waals surface area contributed by atoms with Crippen molar-refractivity contribution in [3.63, 3.8) is 0 Å². The third kappa shape index (κ3) is 4.68. The zero-order valence-electron chi connectivity index (χ0n) is 20.1. The first kappa shape index (κ1) is 25.3. The lowest BCUT2D eigenvalue weighted by Crippen LogP contribution is -2.37. The minimum absolute atomic E-state index is 0.0824. The van der Waals surface area contributed by atoms with Crippen molar-refractivity contribution in [1.29, 1.82) is 0 Å². The maximum atomic E-state index is 14.6. The fraction of sp³-hybridized carbons (Fsp3) is 0.231. The lowest BCUT2D eigenvalue weighted by atomic mass is 10.0. The molecule has 4 rings (SSSR count). The fourth-order valence-corrected chi connectivity index (χ4v) is 4.62. The molecule has 188 valence electrons. The molecule has 2 N–H and O–H groups in total. The number of halogens is 2. The molecule has 0 aliphatic carbocycles. The van der Waals surface area contributed by atoms with Crippen LogP contribution < -0.4 is 10.3 Å². The van der Waals surface area contributed by atoms with Crippen LogP contribution in [-0.2, 0) is 16.6 Å². The van der Waals surface area contributed by atoms with Gasteiger partial charge in [-0.3, -0.25) is 9.59 Å². The highest BCUT2D eigenvalue weighted by Crippen LogP contribution is 2.35. The first-order chi connectivity index (χ1) is 16.9. The van der Waals surface area contributed by atoms with Gasteiger partial charge in [-0.25, -0.2) is 21.9 Å². The number of benzene rings is 2. The van der Waals surface area contributed by atoms with Crippen LogP contribution in [0.25, 0.3) is 22.0 Å². The molecule has 0 spiro atoms. The average molecular weight is 514 g/mol. The van der Waals surface area contributed by atoms with Gasteiger partial charge in [-0.15, -0.1) is 0 Å². The molecule has 0 bridgehead atoms. The summed E-state index contributed by atoms with van der Waals surface area (Å²) in [5.74, 6) is -2.54.